The van der Waals surface area contributed by atoms with Crippen molar-refractivity contribution < 1.29 is 19.1 Å². The highest BCUT2D eigenvalue weighted by molar-refractivity contribution is 5.92. The van der Waals surface area contributed by atoms with Crippen LogP contribution in [0.3, 0.4) is 0 Å². The maximum atomic E-state index is 11.8. The number of esters is 2. The number of carbonyl (C=O) groups excluding carboxylic acids is 2. The molecule has 0 aliphatic rings. The maximum Gasteiger partial charge on any atom is 0.339 e. The number of aryl methyl sites for hydroxylation is 1. The lowest BCUT2D eigenvalue weighted by Crippen LogP contribution is -2.10. The molecule has 1 rings (SSSR count). The molecule has 1 aromatic carbocycles. The highest BCUT2D eigenvalue weighted by Gasteiger charge is 2.16. The van der Waals surface area contributed by atoms with E-state index in [4.69, 9.17) is 9.47 Å². The fraction of sp³-hybridized carbons (Fsp3) is 0.400. The molecule has 0 aliphatic carbocycles. The van der Waals surface area contributed by atoms with E-state index in [1.807, 2.05) is 6.07 Å². The summed E-state index contributed by atoms with van der Waals surface area (Å²) in [5.74, 6) is -0.847. The van der Waals surface area contributed by atoms with Crippen LogP contribution in [-0.4, -0.2) is 25.2 Å². The topological polar surface area (TPSA) is 76.4 Å². The molecule has 0 aromatic heterocycles. The smallest absolute Gasteiger partial charge is 0.339 e. The van der Waals surface area contributed by atoms with Gasteiger partial charge < -0.3 is 9.47 Å². The third-order valence-corrected chi connectivity index (χ3v) is 2.66. The molecule has 0 spiro atoms. The lowest BCUT2D eigenvalue weighted by molar-refractivity contribution is -0.143. The van der Waals surface area contributed by atoms with Gasteiger partial charge in [0.1, 0.15) is 6.07 Å². The SMILES string of the molecule is CCOC(=O)CCc1cccc(C(=O)OCC)c1C#N. The number of hydrogen-bond acceptors (Lipinski definition) is 5. The molecule has 0 heterocycles. The predicted octanol–water partition coefficient (Wildman–Crippen LogP) is 2.23. The standard InChI is InChI=1S/C15H17NO4/c1-3-19-14(17)9-8-11-6-5-7-12(13(11)10-16)15(18)20-4-2/h5-7H,3-4,8-9H2,1-2H3. The van der Waals surface area contributed by atoms with Gasteiger partial charge in [0, 0.05) is 6.42 Å². The number of nitriles is 1. The lowest BCUT2D eigenvalue weighted by Gasteiger charge is -2.08. The Hall–Kier alpha value is -2.35. The molecule has 1 aromatic rings. The first kappa shape index (κ1) is 15.7. The van der Waals surface area contributed by atoms with E-state index >= 15 is 0 Å². The second-order valence-electron chi connectivity index (χ2n) is 3.98. The van der Waals surface area contributed by atoms with Gasteiger partial charge in [-0.1, -0.05) is 12.1 Å². The molecule has 5 nitrogen and oxygen atoms in total. The Morgan fingerprint density at radius 2 is 1.90 bits per heavy atom. The first-order valence-electron chi connectivity index (χ1n) is 6.48. The van der Waals surface area contributed by atoms with Crippen LogP contribution in [0, 0.1) is 11.3 Å². The lowest BCUT2D eigenvalue weighted by atomic mass is 9.98. The van der Waals surface area contributed by atoms with E-state index in [-0.39, 0.29) is 30.1 Å². The molecule has 0 saturated carbocycles. The molecule has 20 heavy (non-hydrogen) atoms. The van der Waals surface area contributed by atoms with E-state index in [1.54, 1.807) is 32.0 Å². The first-order valence-corrected chi connectivity index (χ1v) is 6.48. The van der Waals surface area contributed by atoms with Crippen molar-refractivity contribution >= 4 is 11.9 Å². The highest BCUT2D eigenvalue weighted by Crippen LogP contribution is 2.17. The highest BCUT2D eigenvalue weighted by atomic mass is 16.5. The molecule has 0 N–H and O–H groups in total. The quantitative estimate of drug-likeness (QED) is 0.744. The van der Waals surface area contributed by atoms with E-state index in [1.165, 1.54) is 0 Å². The van der Waals surface area contributed by atoms with Crippen molar-refractivity contribution in [3.8, 4) is 6.07 Å². The number of hydrogen-bond donors (Lipinski definition) is 0. The van der Waals surface area contributed by atoms with Crippen LogP contribution in [0.5, 0.6) is 0 Å². The number of ether oxygens (including phenoxy) is 2. The zero-order chi connectivity index (χ0) is 15.0. The van der Waals surface area contributed by atoms with E-state index in [0.29, 0.717) is 18.6 Å². The van der Waals surface area contributed by atoms with Crippen molar-refractivity contribution in [1.82, 2.24) is 0 Å². The Bertz CT molecular complexity index is 531. The van der Waals surface area contributed by atoms with E-state index in [2.05, 4.69) is 0 Å². The Kier molecular flexibility index (Phi) is 6.24. The summed E-state index contributed by atoms with van der Waals surface area (Å²) in [5.41, 5.74) is 1.14. The number of carbonyl (C=O) groups is 2. The zero-order valence-electron chi connectivity index (χ0n) is 11.6. The molecule has 0 radical (unpaired) electrons. The molecule has 5 heteroatoms. The summed E-state index contributed by atoms with van der Waals surface area (Å²) < 4.78 is 9.75. The van der Waals surface area contributed by atoms with Crippen LogP contribution in [0.2, 0.25) is 0 Å². The van der Waals surface area contributed by atoms with Gasteiger partial charge in [0.2, 0.25) is 0 Å². The largest absolute Gasteiger partial charge is 0.466 e. The second kappa shape index (κ2) is 7.95. The summed E-state index contributed by atoms with van der Waals surface area (Å²) in [6.45, 7) is 4.01. The molecular formula is C15H17NO4. The Morgan fingerprint density at radius 1 is 1.20 bits per heavy atom. The number of rotatable bonds is 6. The fourth-order valence-electron chi connectivity index (χ4n) is 1.79. The molecular weight excluding hydrogens is 258 g/mol. The van der Waals surface area contributed by atoms with Crippen molar-refractivity contribution in [3.63, 3.8) is 0 Å². The monoisotopic (exact) mass is 275 g/mol. The third kappa shape index (κ3) is 4.09. The zero-order valence-corrected chi connectivity index (χ0v) is 11.6. The van der Waals surface area contributed by atoms with Crippen molar-refractivity contribution in [3.05, 3.63) is 34.9 Å². The summed E-state index contributed by atoms with van der Waals surface area (Å²) in [7, 11) is 0. The minimum atomic E-state index is -0.526. The summed E-state index contributed by atoms with van der Waals surface area (Å²) in [6, 6.07) is 6.95. The van der Waals surface area contributed by atoms with Crippen LogP contribution in [0.25, 0.3) is 0 Å². The average molecular weight is 275 g/mol. The van der Waals surface area contributed by atoms with Gasteiger partial charge in [0.15, 0.2) is 0 Å². The van der Waals surface area contributed by atoms with E-state index < -0.39 is 5.97 Å². The molecule has 0 bridgehead atoms. The first-order chi connectivity index (χ1) is 9.63. The second-order valence-corrected chi connectivity index (χ2v) is 3.98. The van der Waals surface area contributed by atoms with Crippen LogP contribution >= 0.6 is 0 Å². The van der Waals surface area contributed by atoms with E-state index in [0.717, 1.165) is 0 Å². The molecule has 0 amide bonds. The van der Waals surface area contributed by atoms with Crippen molar-refractivity contribution in [2.45, 2.75) is 26.7 Å². The number of nitrogens with zero attached hydrogens (tertiary/aromatic N) is 1. The van der Waals surface area contributed by atoms with Crippen molar-refractivity contribution in [2.75, 3.05) is 13.2 Å². The van der Waals surface area contributed by atoms with Gasteiger partial charge in [-0.15, -0.1) is 0 Å². The molecule has 0 aliphatic heterocycles. The summed E-state index contributed by atoms with van der Waals surface area (Å²) in [4.78, 5) is 23.1. The normalized spacial score (nSPS) is 9.65. The van der Waals surface area contributed by atoms with E-state index in [9.17, 15) is 14.9 Å². The fourth-order valence-corrected chi connectivity index (χ4v) is 1.79. The summed E-state index contributed by atoms with van der Waals surface area (Å²) in [5, 5.41) is 9.21. The van der Waals surface area contributed by atoms with Gasteiger partial charge in [0.25, 0.3) is 0 Å². The number of benzene rings is 1. The molecule has 106 valence electrons. The van der Waals surface area contributed by atoms with Crippen LogP contribution in [-0.2, 0) is 20.7 Å². The summed E-state index contributed by atoms with van der Waals surface area (Å²) >= 11 is 0. The van der Waals surface area contributed by atoms with Gasteiger partial charge in [-0.05, 0) is 31.9 Å². The molecule has 0 atom stereocenters. The average Bonchev–Trinajstić information content (AvgIpc) is 2.45. The third-order valence-electron chi connectivity index (χ3n) is 2.66. The minimum Gasteiger partial charge on any atom is -0.466 e. The van der Waals surface area contributed by atoms with Crippen LogP contribution in [0.1, 0.15) is 41.8 Å². The maximum absolute atomic E-state index is 11.8. The Balaban J connectivity index is 2.92. The van der Waals surface area contributed by atoms with Gasteiger partial charge in [-0.3, -0.25) is 4.79 Å². The minimum absolute atomic E-state index is 0.175. The van der Waals surface area contributed by atoms with Crippen molar-refractivity contribution in [2.24, 2.45) is 0 Å². The van der Waals surface area contributed by atoms with Crippen LogP contribution in [0.15, 0.2) is 18.2 Å². The van der Waals surface area contributed by atoms with Gasteiger partial charge in [-0.2, -0.15) is 5.26 Å². The molecule has 0 unspecified atom stereocenters. The Morgan fingerprint density at radius 3 is 2.50 bits per heavy atom. The molecule has 0 saturated heterocycles. The Labute approximate surface area is 118 Å². The van der Waals surface area contributed by atoms with Crippen molar-refractivity contribution in [1.29, 1.82) is 5.26 Å². The van der Waals surface area contributed by atoms with Gasteiger partial charge >= 0.3 is 11.9 Å². The van der Waals surface area contributed by atoms with Crippen LogP contribution in [0.4, 0.5) is 0 Å². The summed E-state index contributed by atoms with van der Waals surface area (Å²) in [6.07, 6.45) is 0.532. The van der Waals surface area contributed by atoms with Crippen LogP contribution < -0.4 is 0 Å². The molecule has 0 fully saturated rings. The van der Waals surface area contributed by atoms with Gasteiger partial charge in [0.05, 0.1) is 24.3 Å². The van der Waals surface area contributed by atoms with Gasteiger partial charge in [-0.25, -0.2) is 4.79 Å². The predicted molar refractivity (Wildman–Crippen MR) is 72.1 cm³/mol.